The molecule has 0 spiro atoms. The quantitative estimate of drug-likeness (QED) is 0.863. The van der Waals surface area contributed by atoms with E-state index in [4.69, 9.17) is 33.0 Å². The van der Waals surface area contributed by atoms with E-state index < -0.39 is 5.82 Å². The van der Waals surface area contributed by atoms with Crippen LogP contribution in [0.4, 0.5) is 4.39 Å². The summed E-state index contributed by atoms with van der Waals surface area (Å²) in [7, 11) is 0. The van der Waals surface area contributed by atoms with Crippen LogP contribution < -0.4 is 4.74 Å². The Bertz CT molecular complexity index is 705. The summed E-state index contributed by atoms with van der Waals surface area (Å²) in [4.78, 5) is 0. The Morgan fingerprint density at radius 1 is 1.19 bits per heavy atom. The van der Waals surface area contributed by atoms with Crippen LogP contribution in [0, 0.1) is 17.7 Å². The lowest BCUT2D eigenvalue weighted by Crippen LogP contribution is -1.99. The van der Waals surface area contributed by atoms with Crippen molar-refractivity contribution >= 4 is 23.2 Å². The van der Waals surface area contributed by atoms with Crippen molar-refractivity contribution in [1.82, 2.24) is 0 Å². The molecule has 108 valence electrons. The van der Waals surface area contributed by atoms with Crippen LogP contribution in [-0.4, -0.2) is 11.7 Å². The van der Waals surface area contributed by atoms with Gasteiger partial charge in [0.2, 0.25) is 0 Å². The van der Waals surface area contributed by atoms with Gasteiger partial charge in [0.1, 0.15) is 29.8 Å². The van der Waals surface area contributed by atoms with Gasteiger partial charge in [-0.1, -0.05) is 47.2 Å². The third-order valence-corrected chi connectivity index (χ3v) is 3.47. The summed E-state index contributed by atoms with van der Waals surface area (Å²) in [5.41, 5.74) is 1.15. The lowest BCUT2D eigenvalue weighted by molar-refractivity contribution is 0.306. The number of halogens is 3. The van der Waals surface area contributed by atoms with Crippen molar-refractivity contribution in [1.29, 1.82) is 0 Å². The van der Waals surface area contributed by atoms with Crippen LogP contribution in [0.1, 0.15) is 11.1 Å². The van der Waals surface area contributed by atoms with Gasteiger partial charge in [-0.05, 0) is 24.3 Å². The SMILES string of the molecule is OCC#Cc1cc(F)ccc1COc1cccc(Cl)c1Cl. The van der Waals surface area contributed by atoms with E-state index in [1.807, 2.05) is 0 Å². The summed E-state index contributed by atoms with van der Waals surface area (Å²) in [5.74, 6) is 5.21. The fraction of sp³-hybridized carbons (Fsp3) is 0.125. The van der Waals surface area contributed by atoms with Crippen LogP contribution in [0.3, 0.4) is 0 Å². The third kappa shape index (κ3) is 4.12. The molecular formula is C16H11Cl2FO2. The number of aliphatic hydroxyl groups is 1. The second-order valence-electron chi connectivity index (χ2n) is 4.10. The fourth-order valence-corrected chi connectivity index (χ4v) is 2.02. The molecule has 0 aliphatic carbocycles. The highest BCUT2D eigenvalue weighted by atomic mass is 35.5. The van der Waals surface area contributed by atoms with Crippen LogP contribution in [0.25, 0.3) is 0 Å². The fourth-order valence-electron chi connectivity index (χ4n) is 1.68. The third-order valence-electron chi connectivity index (χ3n) is 2.67. The molecule has 0 aliphatic rings. The molecule has 0 aromatic heterocycles. The van der Waals surface area contributed by atoms with Crippen molar-refractivity contribution in [2.45, 2.75) is 6.61 Å². The van der Waals surface area contributed by atoms with Crippen molar-refractivity contribution in [3.05, 3.63) is 63.4 Å². The zero-order valence-corrected chi connectivity index (χ0v) is 12.4. The maximum Gasteiger partial charge on any atom is 0.139 e. The molecule has 21 heavy (non-hydrogen) atoms. The minimum atomic E-state index is -0.401. The van der Waals surface area contributed by atoms with E-state index in [-0.39, 0.29) is 13.2 Å². The van der Waals surface area contributed by atoms with E-state index >= 15 is 0 Å². The number of ether oxygens (including phenoxy) is 1. The first kappa shape index (κ1) is 15.7. The smallest absolute Gasteiger partial charge is 0.139 e. The first-order valence-electron chi connectivity index (χ1n) is 6.07. The molecule has 0 atom stereocenters. The number of hydrogen-bond acceptors (Lipinski definition) is 2. The summed E-state index contributed by atoms with van der Waals surface area (Å²) in [6.45, 7) is -0.132. The maximum atomic E-state index is 13.2. The highest BCUT2D eigenvalue weighted by molar-refractivity contribution is 6.42. The molecule has 0 saturated heterocycles. The summed E-state index contributed by atoms with van der Waals surface area (Å²) in [5, 5.41) is 9.45. The van der Waals surface area contributed by atoms with Crippen molar-refractivity contribution in [3.8, 4) is 17.6 Å². The molecule has 5 heteroatoms. The summed E-state index contributed by atoms with van der Waals surface area (Å²) >= 11 is 11.9. The lowest BCUT2D eigenvalue weighted by Gasteiger charge is -2.10. The minimum Gasteiger partial charge on any atom is -0.487 e. The summed E-state index contributed by atoms with van der Waals surface area (Å²) < 4.78 is 18.8. The highest BCUT2D eigenvalue weighted by Gasteiger charge is 2.08. The molecule has 2 aromatic rings. The maximum absolute atomic E-state index is 13.2. The van der Waals surface area contributed by atoms with E-state index in [1.54, 1.807) is 24.3 Å². The van der Waals surface area contributed by atoms with Gasteiger partial charge in [0.15, 0.2) is 0 Å². The van der Waals surface area contributed by atoms with Gasteiger partial charge >= 0.3 is 0 Å². The molecule has 0 saturated carbocycles. The van der Waals surface area contributed by atoms with Gasteiger partial charge in [-0.2, -0.15) is 0 Å². The largest absolute Gasteiger partial charge is 0.487 e. The monoisotopic (exact) mass is 324 g/mol. The molecule has 0 aliphatic heterocycles. The molecule has 0 fully saturated rings. The Hall–Kier alpha value is -1.73. The first-order valence-corrected chi connectivity index (χ1v) is 6.82. The van der Waals surface area contributed by atoms with E-state index in [0.717, 1.165) is 0 Å². The standard InChI is InChI=1S/C16H11Cl2FO2/c17-14-4-1-5-15(16(14)18)21-10-12-6-7-13(19)9-11(12)3-2-8-20/h1,4-7,9,20H,8,10H2. The van der Waals surface area contributed by atoms with Crippen molar-refractivity contribution in [2.75, 3.05) is 6.61 Å². The van der Waals surface area contributed by atoms with Crippen LogP contribution in [-0.2, 0) is 6.61 Å². The van der Waals surface area contributed by atoms with Gasteiger partial charge in [-0.15, -0.1) is 0 Å². The van der Waals surface area contributed by atoms with Gasteiger partial charge in [-0.3, -0.25) is 0 Å². The van der Waals surface area contributed by atoms with Gasteiger partial charge in [0.25, 0.3) is 0 Å². The zero-order chi connectivity index (χ0) is 15.2. The van der Waals surface area contributed by atoms with E-state index in [9.17, 15) is 4.39 Å². The van der Waals surface area contributed by atoms with E-state index in [2.05, 4.69) is 11.8 Å². The van der Waals surface area contributed by atoms with Gasteiger partial charge in [0, 0.05) is 11.1 Å². The second-order valence-corrected chi connectivity index (χ2v) is 4.89. The van der Waals surface area contributed by atoms with Crippen molar-refractivity contribution in [3.63, 3.8) is 0 Å². The minimum absolute atomic E-state index is 0.162. The number of hydrogen-bond donors (Lipinski definition) is 1. The van der Waals surface area contributed by atoms with Crippen molar-refractivity contribution < 1.29 is 14.2 Å². The van der Waals surface area contributed by atoms with Crippen LogP contribution in [0.15, 0.2) is 36.4 Å². The van der Waals surface area contributed by atoms with Gasteiger partial charge in [-0.25, -0.2) is 4.39 Å². The molecule has 2 rings (SSSR count). The van der Waals surface area contributed by atoms with E-state index in [0.29, 0.717) is 26.9 Å². The first-order chi connectivity index (χ1) is 10.1. The number of rotatable bonds is 3. The molecule has 0 amide bonds. The second kappa shape index (κ2) is 7.33. The zero-order valence-electron chi connectivity index (χ0n) is 10.9. The Balaban J connectivity index is 2.22. The number of benzene rings is 2. The molecular weight excluding hydrogens is 314 g/mol. The van der Waals surface area contributed by atoms with E-state index in [1.165, 1.54) is 12.1 Å². The number of aliphatic hydroxyl groups excluding tert-OH is 1. The Kier molecular flexibility index (Phi) is 5.46. The lowest BCUT2D eigenvalue weighted by atomic mass is 10.1. The molecule has 2 nitrogen and oxygen atoms in total. The molecule has 0 bridgehead atoms. The van der Waals surface area contributed by atoms with Crippen LogP contribution in [0.5, 0.6) is 5.75 Å². The molecule has 2 aromatic carbocycles. The predicted octanol–water partition coefficient (Wildman–Crippen LogP) is 4.06. The Morgan fingerprint density at radius 2 is 2.00 bits per heavy atom. The average Bonchev–Trinajstić information content (AvgIpc) is 2.48. The normalized spacial score (nSPS) is 9.90. The molecule has 0 heterocycles. The Morgan fingerprint density at radius 3 is 2.76 bits per heavy atom. The van der Waals surface area contributed by atoms with Gasteiger partial charge in [0.05, 0.1) is 5.02 Å². The van der Waals surface area contributed by atoms with Crippen LogP contribution >= 0.6 is 23.2 Å². The average molecular weight is 325 g/mol. The van der Waals surface area contributed by atoms with Crippen LogP contribution in [0.2, 0.25) is 10.0 Å². The summed E-state index contributed by atoms with van der Waals surface area (Å²) in [6.07, 6.45) is 0. The predicted molar refractivity (Wildman–Crippen MR) is 81.2 cm³/mol. The Labute approximate surface area is 132 Å². The highest BCUT2D eigenvalue weighted by Crippen LogP contribution is 2.32. The van der Waals surface area contributed by atoms with Gasteiger partial charge < -0.3 is 9.84 Å². The van der Waals surface area contributed by atoms with Crippen molar-refractivity contribution in [2.24, 2.45) is 0 Å². The molecule has 0 radical (unpaired) electrons. The molecule has 1 N–H and O–H groups in total. The summed E-state index contributed by atoms with van der Waals surface area (Å²) in [6, 6.07) is 9.27. The topological polar surface area (TPSA) is 29.5 Å². The molecule has 0 unspecified atom stereocenters.